The number of rotatable bonds is 2. The van der Waals surface area contributed by atoms with E-state index in [1.807, 2.05) is 0 Å². The first kappa shape index (κ1) is 6.81. The van der Waals surface area contributed by atoms with Gasteiger partial charge in [0.25, 0.3) is 0 Å². The van der Waals surface area contributed by atoms with Gasteiger partial charge in [-0.05, 0) is 31.2 Å². The smallest absolute Gasteiger partial charge is 0.00145 e. The Kier molecular flexibility index (Phi) is 1.62. The second-order valence-corrected chi connectivity index (χ2v) is 3.16. The zero-order valence-electron chi connectivity index (χ0n) is 6.11. The van der Waals surface area contributed by atoms with Gasteiger partial charge >= 0.3 is 0 Å². The molecule has 0 aromatic heterocycles. The van der Waals surface area contributed by atoms with Crippen molar-refractivity contribution in [2.24, 2.45) is 11.1 Å². The van der Waals surface area contributed by atoms with E-state index < -0.39 is 0 Å². The highest BCUT2D eigenvalue weighted by Crippen LogP contribution is 2.45. The lowest BCUT2D eigenvalue weighted by molar-refractivity contribution is 0.208. The molecule has 0 heterocycles. The summed E-state index contributed by atoms with van der Waals surface area (Å²) in [6.07, 6.45) is 3.54. The third-order valence-corrected chi connectivity index (χ3v) is 2.43. The Bertz CT molecular complexity index is 113. The van der Waals surface area contributed by atoms with Crippen molar-refractivity contribution in [2.45, 2.75) is 26.2 Å². The van der Waals surface area contributed by atoms with E-state index in [0.29, 0.717) is 5.41 Å². The average Bonchev–Trinajstić information content (AvgIpc) is 1.81. The van der Waals surface area contributed by atoms with Crippen molar-refractivity contribution < 1.29 is 0 Å². The molecule has 0 bridgehead atoms. The highest BCUT2D eigenvalue weighted by molar-refractivity contribution is 5.15. The molecule has 9 heavy (non-hydrogen) atoms. The van der Waals surface area contributed by atoms with E-state index in [1.54, 1.807) is 0 Å². The van der Waals surface area contributed by atoms with Gasteiger partial charge in [-0.25, -0.2) is 0 Å². The van der Waals surface area contributed by atoms with Gasteiger partial charge in [-0.15, -0.1) is 0 Å². The molecule has 52 valence electrons. The average molecular weight is 125 g/mol. The van der Waals surface area contributed by atoms with Gasteiger partial charge in [0.2, 0.25) is 0 Å². The predicted octanol–water partition coefficient (Wildman–Crippen LogP) is 1.69. The molecule has 0 aromatic carbocycles. The summed E-state index contributed by atoms with van der Waals surface area (Å²) in [4.78, 5) is 0. The van der Waals surface area contributed by atoms with Crippen molar-refractivity contribution in [2.75, 3.05) is 6.54 Å². The molecule has 1 fully saturated rings. The highest BCUT2D eigenvalue weighted by Gasteiger charge is 2.36. The second kappa shape index (κ2) is 2.14. The van der Waals surface area contributed by atoms with E-state index in [0.717, 1.165) is 6.54 Å². The zero-order valence-corrected chi connectivity index (χ0v) is 6.11. The fourth-order valence-electron chi connectivity index (χ4n) is 1.55. The van der Waals surface area contributed by atoms with Gasteiger partial charge in [0.05, 0.1) is 0 Å². The van der Waals surface area contributed by atoms with Gasteiger partial charge in [0.1, 0.15) is 0 Å². The van der Waals surface area contributed by atoms with Crippen molar-refractivity contribution in [1.29, 1.82) is 0 Å². The number of hydrogen-bond acceptors (Lipinski definition) is 1. The van der Waals surface area contributed by atoms with Crippen LogP contribution < -0.4 is 5.73 Å². The minimum atomic E-state index is 0.455. The monoisotopic (exact) mass is 125 g/mol. The SMILES string of the molecule is C=C1CC(CC)(CN)C1. The van der Waals surface area contributed by atoms with E-state index in [-0.39, 0.29) is 0 Å². The largest absolute Gasteiger partial charge is 0.330 e. The summed E-state index contributed by atoms with van der Waals surface area (Å²) in [5.41, 5.74) is 7.43. The third kappa shape index (κ3) is 1.01. The first-order valence-electron chi connectivity index (χ1n) is 3.59. The summed E-state index contributed by atoms with van der Waals surface area (Å²) >= 11 is 0. The molecule has 2 N–H and O–H groups in total. The molecule has 0 spiro atoms. The topological polar surface area (TPSA) is 26.0 Å². The van der Waals surface area contributed by atoms with E-state index in [9.17, 15) is 0 Å². The minimum Gasteiger partial charge on any atom is -0.330 e. The van der Waals surface area contributed by atoms with Crippen LogP contribution in [0.1, 0.15) is 26.2 Å². The van der Waals surface area contributed by atoms with Gasteiger partial charge in [-0.2, -0.15) is 0 Å². The Morgan fingerprint density at radius 3 is 2.33 bits per heavy atom. The fourth-order valence-corrected chi connectivity index (χ4v) is 1.55. The molecule has 0 aromatic rings. The molecule has 0 aliphatic heterocycles. The maximum atomic E-state index is 5.60. The molecule has 1 aliphatic rings. The molecule has 1 nitrogen and oxygen atoms in total. The van der Waals surface area contributed by atoms with Crippen LogP contribution in [0, 0.1) is 5.41 Å². The van der Waals surface area contributed by atoms with Gasteiger partial charge in [-0.1, -0.05) is 19.1 Å². The van der Waals surface area contributed by atoms with Crippen LogP contribution in [0.2, 0.25) is 0 Å². The van der Waals surface area contributed by atoms with E-state index in [2.05, 4.69) is 13.5 Å². The molecule has 1 heteroatoms. The minimum absolute atomic E-state index is 0.455. The second-order valence-electron chi connectivity index (χ2n) is 3.16. The van der Waals surface area contributed by atoms with Crippen LogP contribution in [-0.4, -0.2) is 6.54 Å². The molecule has 1 saturated carbocycles. The highest BCUT2D eigenvalue weighted by atomic mass is 14.6. The Labute approximate surface area is 56.9 Å². The van der Waals surface area contributed by atoms with Crippen molar-refractivity contribution in [3.05, 3.63) is 12.2 Å². The summed E-state index contributed by atoms with van der Waals surface area (Å²) in [7, 11) is 0. The van der Waals surface area contributed by atoms with Crippen LogP contribution in [0.3, 0.4) is 0 Å². The summed E-state index contributed by atoms with van der Waals surface area (Å²) in [5.74, 6) is 0. The maximum Gasteiger partial charge on any atom is -0.00145 e. The standard InChI is InChI=1S/C8H15N/c1-3-8(6-9)4-7(2)5-8/h2-6,9H2,1H3. The van der Waals surface area contributed by atoms with Crippen molar-refractivity contribution in [3.8, 4) is 0 Å². The molecule has 1 aliphatic carbocycles. The van der Waals surface area contributed by atoms with Crippen LogP contribution in [-0.2, 0) is 0 Å². The van der Waals surface area contributed by atoms with Crippen LogP contribution in [0.25, 0.3) is 0 Å². The van der Waals surface area contributed by atoms with Crippen molar-refractivity contribution in [3.63, 3.8) is 0 Å². The molecular formula is C8H15N. The van der Waals surface area contributed by atoms with Crippen molar-refractivity contribution >= 4 is 0 Å². The quantitative estimate of drug-likeness (QED) is 0.558. The third-order valence-electron chi connectivity index (χ3n) is 2.43. The van der Waals surface area contributed by atoms with Crippen LogP contribution in [0.15, 0.2) is 12.2 Å². The first-order valence-corrected chi connectivity index (χ1v) is 3.59. The number of allylic oxidation sites excluding steroid dienone is 1. The lowest BCUT2D eigenvalue weighted by atomic mass is 9.64. The zero-order chi connectivity index (χ0) is 6.91. The summed E-state index contributed by atoms with van der Waals surface area (Å²) in [5, 5.41) is 0. The molecule has 0 unspecified atom stereocenters. The van der Waals surface area contributed by atoms with Gasteiger partial charge in [0.15, 0.2) is 0 Å². The summed E-state index contributed by atoms with van der Waals surface area (Å²) < 4.78 is 0. The molecular weight excluding hydrogens is 110 g/mol. The van der Waals surface area contributed by atoms with Crippen LogP contribution in [0.4, 0.5) is 0 Å². The summed E-state index contributed by atoms with van der Waals surface area (Å²) in [6, 6.07) is 0. The lowest BCUT2D eigenvalue weighted by Crippen LogP contribution is -2.37. The number of nitrogens with two attached hydrogens (primary N) is 1. The maximum absolute atomic E-state index is 5.60. The van der Waals surface area contributed by atoms with E-state index in [1.165, 1.54) is 24.8 Å². The fraction of sp³-hybridized carbons (Fsp3) is 0.750. The Morgan fingerprint density at radius 2 is 2.22 bits per heavy atom. The Morgan fingerprint density at radius 1 is 1.67 bits per heavy atom. The molecule has 0 saturated heterocycles. The van der Waals surface area contributed by atoms with E-state index >= 15 is 0 Å². The number of hydrogen-bond donors (Lipinski definition) is 1. The predicted molar refractivity (Wildman–Crippen MR) is 40.2 cm³/mol. The van der Waals surface area contributed by atoms with Crippen molar-refractivity contribution in [1.82, 2.24) is 0 Å². The van der Waals surface area contributed by atoms with Gasteiger partial charge in [-0.3, -0.25) is 0 Å². The molecule has 0 radical (unpaired) electrons. The first-order chi connectivity index (χ1) is 4.22. The Balaban J connectivity index is 2.44. The molecule has 1 rings (SSSR count). The summed E-state index contributed by atoms with van der Waals surface area (Å²) in [6.45, 7) is 6.94. The Hall–Kier alpha value is -0.300. The normalized spacial score (nSPS) is 23.6. The van der Waals surface area contributed by atoms with Crippen LogP contribution in [0.5, 0.6) is 0 Å². The molecule has 0 amide bonds. The van der Waals surface area contributed by atoms with Gasteiger partial charge in [0, 0.05) is 0 Å². The van der Waals surface area contributed by atoms with E-state index in [4.69, 9.17) is 5.73 Å². The van der Waals surface area contributed by atoms with Crippen LogP contribution >= 0.6 is 0 Å². The van der Waals surface area contributed by atoms with Gasteiger partial charge < -0.3 is 5.73 Å². The lowest BCUT2D eigenvalue weighted by Gasteiger charge is -2.42. The molecule has 0 atom stereocenters.